The van der Waals surface area contributed by atoms with E-state index in [0.717, 1.165) is 11.3 Å². The summed E-state index contributed by atoms with van der Waals surface area (Å²) >= 11 is 7.32. The van der Waals surface area contributed by atoms with Crippen molar-refractivity contribution in [2.45, 2.75) is 18.5 Å². The van der Waals surface area contributed by atoms with E-state index in [2.05, 4.69) is 20.8 Å². The number of hydrogen-bond acceptors (Lipinski definition) is 5. The summed E-state index contributed by atoms with van der Waals surface area (Å²) < 4.78 is 1.71. The normalized spacial score (nSPS) is 10.6. The Morgan fingerprint density at radius 3 is 2.38 bits per heavy atom. The zero-order valence-electron chi connectivity index (χ0n) is 16.0. The number of anilines is 2. The van der Waals surface area contributed by atoms with Gasteiger partial charge in [0.25, 0.3) is 0 Å². The Morgan fingerprint density at radius 2 is 1.66 bits per heavy atom. The molecule has 7 nitrogen and oxygen atoms in total. The van der Waals surface area contributed by atoms with Crippen LogP contribution in [0.1, 0.15) is 11.4 Å². The van der Waals surface area contributed by atoms with Crippen molar-refractivity contribution in [1.29, 1.82) is 0 Å². The predicted octanol–water partition coefficient (Wildman–Crippen LogP) is 3.69. The van der Waals surface area contributed by atoms with E-state index in [9.17, 15) is 9.59 Å². The number of rotatable bonds is 7. The van der Waals surface area contributed by atoms with Crippen molar-refractivity contribution in [3.8, 4) is 0 Å². The third kappa shape index (κ3) is 5.58. The molecule has 0 bridgehead atoms. The molecule has 3 aromatic rings. The Labute approximate surface area is 177 Å². The maximum absolute atomic E-state index is 12.3. The third-order valence-electron chi connectivity index (χ3n) is 4.14. The molecule has 0 atom stereocenters. The molecule has 29 heavy (non-hydrogen) atoms. The maximum Gasteiger partial charge on any atom is 0.234 e. The first-order valence-electron chi connectivity index (χ1n) is 8.85. The fourth-order valence-electron chi connectivity index (χ4n) is 2.55. The van der Waals surface area contributed by atoms with Gasteiger partial charge in [0.05, 0.1) is 22.9 Å². The van der Waals surface area contributed by atoms with Crippen molar-refractivity contribution >= 4 is 46.6 Å². The highest BCUT2D eigenvalue weighted by molar-refractivity contribution is 7.99. The molecular formula is C20H20ClN5O2S. The Hall–Kier alpha value is -2.84. The van der Waals surface area contributed by atoms with Gasteiger partial charge in [-0.3, -0.25) is 9.59 Å². The lowest BCUT2D eigenvalue weighted by Gasteiger charge is -2.08. The van der Waals surface area contributed by atoms with Gasteiger partial charge in [-0.05, 0) is 30.7 Å². The number of aromatic nitrogens is 3. The number of benzene rings is 2. The molecule has 0 aliphatic carbocycles. The van der Waals surface area contributed by atoms with E-state index in [4.69, 9.17) is 11.6 Å². The summed E-state index contributed by atoms with van der Waals surface area (Å²) in [7, 11) is 1.76. The van der Waals surface area contributed by atoms with E-state index in [1.165, 1.54) is 11.8 Å². The Balaban J connectivity index is 1.55. The largest absolute Gasteiger partial charge is 0.325 e. The fraction of sp³-hybridized carbons (Fsp3) is 0.200. The number of nitrogens with one attached hydrogen (secondary N) is 2. The lowest BCUT2D eigenvalue weighted by atomic mass is 10.2. The lowest BCUT2D eigenvalue weighted by Crippen LogP contribution is -2.17. The number of aryl methyl sites for hydroxylation is 1. The van der Waals surface area contributed by atoms with Crippen molar-refractivity contribution in [2.75, 3.05) is 16.4 Å². The molecule has 150 valence electrons. The second-order valence-electron chi connectivity index (χ2n) is 6.31. The highest BCUT2D eigenvalue weighted by atomic mass is 35.5. The molecular weight excluding hydrogens is 410 g/mol. The fourth-order valence-corrected chi connectivity index (χ4v) is 3.47. The quantitative estimate of drug-likeness (QED) is 0.559. The highest BCUT2D eigenvalue weighted by Crippen LogP contribution is 2.21. The number of carbonyl (C=O) groups excluding carboxylic acids is 2. The smallest absolute Gasteiger partial charge is 0.234 e. The molecule has 2 aromatic carbocycles. The van der Waals surface area contributed by atoms with Gasteiger partial charge in [-0.15, -0.1) is 10.2 Å². The molecule has 1 aromatic heterocycles. The van der Waals surface area contributed by atoms with Gasteiger partial charge in [0.1, 0.15) is 5.82 Å². The minimum Gasteiger partial charge on any atom is -0.325 e. The average molecular weight is 430 g/mol. The van der Waals surface area contributed by atoms with Crippen molar-refractivity contribution in [3.05, 3.63) is 64.9 Å². The van der Waals surface area contributed by atoms with Crippen LogP contribution in [0.5, 0.6) is 0 Å². The third-order valence-corrected chi connectivity index (χ3v) is 5.49. The van der Waals surface area contributed by atoms with Crippen LogP contribution in [0.2, 0.25) is 5.02 Å². The molecule has 0 unspecified atom stereocenters. The first kappa shape index (κ1) is 20.9. The molecule has 0 saturated carbocycles. The van der Waals surface area contributed by atoms with Gasteiger partial charge in [-0.2, -0.15) is 0 Å². The van der Waals surface area contributed by atoms with Gasteiger partial charge in [-0.1, -0.05) is 53.7 Å². The van der Waals surface area contributed by atoms with Gasteiger partial charge in [-0.25, -0.2) is 0 Å². The Kier molecular flexibility index (Phi) is 6.90. The number of para-hydroxylation sites is 2. The summed E-state index contributed by atoms with van der Waals surface area (Å²) in [6.07, 6.45) is 0.0463. The molecule has 0 aliphatic rings. The zero-order valence-corrected chi connectivity index (χ0v) is 17.5. The number of amides is 2. The van der Waals surface area contributed by atoms with E-state index >= 15 is 0 Å². The van der Waals surface area contributed by atoms with Gasteiger partial charge >= 0.3 is 0 Å². The summed E-state index contributed by atoms with van der Waals surface area (Å²) in [6.45, 7) is 1.94. The van der Waals surface area contributed by atoms with Crippen LogP contribution in [0, 0.1) is 6.92 Å². The van der Waals surface area contributed by atoms with Crippen LogP contribution in [-0.4, -0.2) is 32.3 Å². The zero-order chi connectivity index (χ0) is 20.8. The van der Waals surface area contributed by atoms with Crippen LogP contribution in [0.25, 0.3) is 0 Å². The minimum atomic E-state index is -0.248. The number of nitrogens with zero attached hydrogens (tertiary/aromatic N) is 3. The maximum atomic E-state index is 12.3. The summed E-state index contributed by atoms with van der Waals surface area (Å²) in [4.78, 5) is 24.5. The first-order valence-corrected chi connectivity index (χ1v) is 10.2. The molecule has 1 heterocycles. The topological polar surface area (TPSA) is 88.9 Å². The Morgan fingerprint density at radius 1 is 1.00 bits per heavy atom. The summed E-state index contributed by atoms with van der Waals surface area (Å²) in [5.74, 6) is 0.302. The molecule has 2 N–H and O–H groups in total. The first-order chi connectivity index (χ1) is 13.9. The monoisotopic (exact) mass is 429 g/mol. The SMILES string of the molecule is Cc1ccccc1NC(=O)CSc1nnc(CC(=O)Nc2ccccc2Cl)n1C. The standard InChI is InChI=1S/C20H20ClN5O2S/c1-13-7-3-5-9-15(13)22-19(28)12-29-20-25-24-17(26(20)2)11-18(27)23-16-10-6-4-8-14(16)21/h3-10H,11-12H2,1-2H3,(H,22,28)(H,23,27). The van der Waals surface area contributed by atoms with Crippen molar-refractivity contribution in [3.63, 3.8) is 0 Å². The van der Waals surface area contributed by atoms with Gasteiger partial charge < -0.3 is 15.2 Å². The molecule has 0 aliphatic heterocycles. The number of thioether (sulfide) groups is 1. The second-order valence-corrected chi connectivity index (χ2v) is 7.66. The number of carbonyl (C=O) groups is 2. The van der Waals surface area contributed by atoms with Crippen LogP contribution in [0.4, 0.5) is 11.4 Å². The highest BCUT2D eigenvalue weighted by Gasteiger charge is 2.15. The minimum absolute atomic E-state index is 0.0463. The van der Waals surface area contributed by atoms with Crippen molar-refractivity contribution in [1.82, 2.24) is 14.8 Å². The lowest BCUT2D eigenvalue weighted by molar-refractivity contribution is -0.116. The van der Waals surface area contributed by atoms with Crippen LogP contribution in [0.3, 0.4) is 0 Å². The molecule has 9 heteroatoms. The van der Waals surface area contributed by atoms with Gasteiger partial charge in [0, 0.05) is 12.7 Å². The average Bonchev–Trinajstić information content (AvgIpc) is 3.03. The molecule has 0 spiro atoms. The van der Waals surface area contributed by atoms with Crippen LogP contribution < -0.4 is 10.6 Å². The van der Waals surface area contributed by atoms with Crippen LogP contribution in [-0.2, 0) is 23.1 Å². The molecule has 0 fully saturated rings. The molecule has 0 radical (unpaired) electrons. The van der Waals surface area contributed by atoms with E-state index in [1.807, 2.05) is 31.2 Å². The Bertz CT molecular complexity index is 1040. The summed E-state index contributed by atoms with van der Waals surface area (Å²) in [5.41, 5.74) is 2.33. The van der Waals surface area contributed by atoms with E-state index in [-0.39, 0.29) is 24.0 Å². The summed E-state index contributed by atoms with van der Waals surface area (Å²) in [5, 5.41) is 14.8. The molecule has 0 saturated heterocycles. The van der Waals surface area contributed by atoms with E-state index in [1.54, 1.807) is 35.9 Å². The van der Waals surface area contributed by atoms with Crippen LogP contribution >= 0.6 is 23.4 Å². The van der Waals surface area contributed by atoms with Gasteiger partial charge in [0.15, 0.2) is 5.16 Å². The predicted molar refractivity (Wildman–Crippen MR) is 115 cm³/mol. The van der Waals surface area contributed by atoms with Crippen molar-refractivity contribution in [2.24, 2.45) is 7.05 Å². The van der Waals surface area contributed by atoms with Crippen LogP contribution in [0.15, 0.2) is 53.7 Å². The molecule has 2 amide bonds. The van der Waals surface area contributed by atoms with E-state index in [0.29, 0.717) is 21.7 Å². The number of hydrogen-bond donors (Lipinski definition) is 2. The van der Waals surface area contributed by atoms with Crippen molar-refractivity contribution < 1.29 is 9.59 Å². The number of halogens is 1. The van der Waals surface area contributed by atoms with Gasteiger partial charge in [0.2, 0.25) is 11.8 Å². The van der Waals surface area contributed by atoms with E-state index < -0.39 is 0 Å². The summed E-state index contributed by atoms with van der Waals surface area (Å²) in [6, 6.07) is 14.6. The molecule has 3 rings (SSSR count). The second kappa shape index (κ2) is 9.58.